The SMILES string of the molecule is COC(C)[C@H](Nc1ncccn1)C(=O)N1CCC[C@H]1c1ncc(-c2ccc(-c3ccc(-c4cnc([C@@H]5CCCN5C(=O)[C@@H](Nc5ncccn5)C(C)OC)[nH]4)cc3)cc2)[nH]1. The van der Waals surface area contributed by atoms with Gasteiger partial charge in [-0.3, -0.25) is 9.59 Å². The number of likely N-dealkylation sites (tertiary alicyclic amines) is 2. The van der Waals surface area contributed by atoms with Crippen molar-refractivity contribution >= 4 is 23.7 Å². The van der Waals surface area contributed by atoms with Gasteiger partial charge in [0, 0.05) is 52.1 Å². The van der Waals surface area contributed by atoms with Crippen LogP contribution in [0.1, 0.15) is 63.3 Å². The van der Waals surface area contributed by atoms with Crippen molar-refractivity contribution in [2.45, 2.75) is 75.9 Å². The van der Waals surface area contributed by atoms with Gasteiger partial charge in [0.15, 0.2) is 0 Å². The van der Waals surface area contributed by atoms with E-state index < -0.39 is 24.3 Å². The van der Waals surface area contributed by atoms with Gasteiger partial charge in [-0.15, -0.1) is 0 Å². The minimum absolute atomic E-state index is 0.0807. The minimum Gasteiger partial charge on any atom is -0.379 e. The molecule has 60 heavy (non-hydrogen) atoms. The topological polar surface area (TPSA) is 192 Å². The van der Waals surface area contributed by atoms with Crippen LogP contribution in [0.3, 0.4) is 0 Å². The summed E-state index contributed by atoms with van der Waals surface area (Å²) in [5, 5.41) is 6.35. The molecule has 8 rings (SSSR count). The number of benzene rings is 2. The van der Waals surface area contributed by atoms with E-state index in [9.17, 15) is 9.59 Å². The lowest BCUT2D eigenvalue weighted by Gasteiger charge is -2.30. The fourth-order valence-corrected chi connectivity index (χ4v) is 8.03. The molecule has 310 valence electrons. The number of amides is 2. The summed E-state index contributed by atoms with van der Waals surface area (Å²) in [6.07, 6.45) is 12.8. The number of H-pyrrole nitrogens is 2. The first kappa shape index (κ1) is 40.3. The van der Waals surface area contributed by atoms with E-state index >= 15 is 0 Å². The van der Waals surface area contributed by atoms with Crippen molar-refractivity contribution < 1.29 is 19.1 Å². The number of carbonyl (C=O) groups excluding carboxylic acids is 2. The van der Waals surface area contributed by atoms with E-state index in [0.29, 0.717) is 25.0 Å². The molecule has 0 saturated carbocycles. The molecule has 6 heterocycles. The molecule has 2 aliphatic heterocycles. The maximum Gasteiger partial charge on any atom is 0.248 e. The maximum atomic E-state index is 13.9. The van der Waals surface area contributed by atoms with Crippen molar-refractivity contribution in [1.82, 2.24) is 49.7 Å². The molecule has 0 aliphatic carbocycles. The Hall–Kier alpha value is -6.52. The molecule has 0 spiro atoms. The molecule has 6 aromatic rings. The summed E-state index contributed by atoms with van der Waals surface area (Å²) in [6, 6.07) is 18.5. The van der Waals surface area contributed by atoms with Gasteiger partial charge in [-0.2, -0.15) is 0 Å². The smallest absolute Gasteiger partial charge is 0.248 e. The number of anilines is 2. The normalized spacial score (nSPS) is 18.5. The highest BCUT2D eigenvalue weighted by Gasteiger charge is 2.39. The van der Waals surface area contributed by atoms with Crippen LogP contribution in [0.15, 0.2) is 97.8 Å². The Morgan fingerprint density at radius 2 is 0.967 bits per heavy atom. The third kappa shape index (κ3) is 8.60. The minimum atomic E-state index is -0.658. The van der Waals surface area contributed by atoms with Gasteiger partial charge in [0.2, 0.25) is 23.7 Å². The van der Waals surface area contributed by atoms with Crippen LogP contribution in [0.4, 0.5) is 11.9 Å². The van der Waals surface area contributed by atoms with Crippen molar-refractivity contribution in [2.24, 2.45) is 0 Å². The molecule has 6 atom stereocenters. The number of aromatic nitrogens is 8. The number of methoxy groups -OCH3 is 2. The zero-order valence-electron chi connectivity index (χ0n) is 34.2. The highest BCUT2D eigenvalue weighted by molar-refractivity contribution is 5.86. The third-order valence-electron chi connectivity index (χ3n) is 11.5. The van der Waals surface area contributed by atoms with Gasteiger partial charge in [0.25, 0.3) is 0 Å². The van der Waals surface area contributed by atoms with Gasteiger partial charge in [-0.25, -0.2) is 29.9 Å². The number of aromatic amines is 2. The summed E-state index contributed by atoms with van der Waals surface area (Å²) in [5.41, 5.74) is 5.90. The van der Waals surface area contributed by atoms with Crippen molar-refractivity contribution in [1.29, 1.82) is 0 Å². The van der Waals surface area contributed by atoms with Crippen LogP contribution in [0.5, 0.6) is 0 Å². The van der Waals surface area contributed by atoms with Crippen LogP contribution in [-0.2, 0) is 19.1 Å². The molecule has 2 fully saturated rings. The maximum absolute atomic E-state index is 13.9. The number of rotatable bonds is 15. The predicted octanol–water partition coefficient (Wildman–Crippen LogP) is 6.07. The number of nitrogens with one attached hydrogen (secondary N) is 4. The molecule has 0 bridgehead atoms. The van der Waals surface area contributed by atoms with Crippen LogP contribution in [0, 0.1) is 0 Å². The zero-order chi connectivity index (χ0) is 41.6. The second-order valence-electron chi connectivity index (χ2n) is 15.2. The number of ether oxygens (including phenoxy) is 2. The van der Waals surface area contributed by atoms with Gasteiger partial charge >= 0.3 is 0 Å². The predicted molar refractivity (Wildman–Crippen MR) is 226 cm³/mol. The Morgan fingerprint density at radius 1 is 0.600 bits per heavy atom. The molecule has 16 nitrogen and oxygen atoms in total. The molecule has 2 aliphatic rings. The van der Waals surface area contributed by atoms with E-state index in [1.54, 1.807) is 51.1 Å². The summed E-state index contributed by atoms with van der Waals surface area (Å²) >= 11 is 0. The molecule has 0 radical (unpaired) electrons. The first-order valence-corrected chi connectivity index (χ1v) is 20.4. The molecular weight excluding hydrogens is 761 g/mol. The van der Waals surface area contributed by atoms with Crippen molar-refractivity contribution in [2.75, 3.05) is 37.9 Å². The van der Waals surface area contributed by atoms with E-state index in [0.717, 1.165) is 71.0 Å². The molecule has 2 saturated heterocycles. The second kappa shape index (κ2) is 18.2. The van der Waals surface area contributed by atoms with Crippen LogP contribution < -0.4 is 10.6 Å². The zero-order valence-corrected chi connectivity index (χ0v) is 34.2. The fraction of sp³-hybridized carbons (Fsp3) is 0.364. The van der Waals surface area contributed by atoms with Crippen molar-refractivity contribution in [3.8, 4) is 33.6 Å². The van der Waals surface area contributed by atoms with Crippen molar-refractivity contribution in [3.63, 3.8) is 0 Å². The summed E-state index contributed by atoms with van der Waals surface area (Å²) in [4.78, 5) is 65.1. The van der Waals surface area contributed by atoms with E-state index in [2.05, 4.69) is 89.1 Å². The van der Waals surface area contributed by atoms with Gasteiger partial charge in [0.1, 0.15) is 23.7 Å². The van der Waals surface area contributed by atoms with Crippen molar-refractivity contribution in [3.05, 3.63) is 109 Å². The molecule has 4 aromatic heterocycles. The lowest BCUT2D eigenvalue weighted by molar-refractivity contribution is -0.136. The average Bonchev–Trinajstić information content (AvgIpc) is 4.15. The Kier molecular flexibility index (Phi) is 12.2. The summed E-state index contributed by atoms with van der Waals surface area (Å²) in [5.74, 6) is 2.10. The van der Waals surface area contributed by atoms with Gasteiger partial charge < -0.3 is 39.9 Å². The largest absolute Gasteiger partial charge is 0.379 e. The fourth-order valence-electron chi connectivity index (χ4n) is 8.03. The first-order valence-electron chi connectivity index (χ1n) is 20.4. The van der Waals surface area contributed by atoms with E-state index in [4.69, 9.17) is 19.4 Å². The second-order valence-corrected chi connectivity index (χ2v) is 15.2. The molecule has 16 heteroatoms. The lowest BCUT2D eigenvalue weighted by atomic mass is 10.0. The Morgan fingerprint density at radius 3 is 1.33 bits per heavy atom. The highest BCUT2D eigenvalue weighted by Crippen LogP contribution is 2.35. The third-order valence-corrected chi connectivity index (χ3v) is 11.5. The quantitative estimate of drug-likeness (QED) is 0.0938. The van der Waals surface area contributed by atoms with Crippen LogP contribution in [-0.4, -0.2) is 113 Å². The summed E-state index contributed by atoms with van der Waals surface area (Å²) in [6.45, 7) is 4.97. The summed E-state index contributed by atoms with van der Waals surface area (Å²) < 4.78 is 11.2. The van der Waals surface area contributed by atoms with Crippen LogP contribution in [0.25, 0.3) is 33.6 Å². The van der Waals surface area contributed by atoms with Crippen LogP contribution >= 0.6 is 0 Å². The lowest BCUT2D eigenvalue weighted by Crippen LogP contribution is -2.49. The molecule has 2 amide bonds. The Bertz CT molecular complexity index is 2170. The number of hydrogen-bond acceptors (Lipinski definition) is 12. The molecule has 2 unspecified atom stereocenters. The average molecular weight is 811 g/mol. The van der Waals surface area contributed by atoms with Gasteiger partial charge in [0.05, 0.1) is 48.1 Å². The number of nitrogens with zero attached hydrogens (tertiary/aromatic N) is 8. The standard InChI is InChI=1S/C44H50N12O4/c1-27(59-3)37(53-43-45-19-7-20-46-43)41(57)55-23-5-9-35(55)39-49-25-33(51-39)31-15-11-29(12-16-31)30-13-17-32(18-14-30)34-26-50-40(52-34)36-10-6-24-56(36)42(58)38(28(2)60-4)54-44-47-21-8-22-48-44/h7-8,11-22,25-28,35-38H,5-6,9-10,23-24H2,1-4H3,(H,49,51)(H,50,52)(H,45,46,53)(H,47,48,54)/t27?,28?,35-,36-,37-,38-/m0/s1. The number of imidazole rings is 2. The highest BCUT2D eigenvalue weighted by atomic mass is 16.5. The van der Waals surface area contributed by atoms with E-state index in [-0.39, 0.29) is 23.9 Å². The van der Waals surface area contributed by atoms with E-state index in [1.165, 1.54) is 0 Å². The first-order chi connectivity index (χ1) is 29.3. The molecule has 4 N–H and O–H groups in total. The summed E-state index contributed by atoms with van der Waals surface area (Å²) in [7, 11) is 3.18. The Balaban J connectivity index is 0.915. The van der Waals surface area contributed by atoms with Gasteiger partial charge in [-0.1, -0.05) is 48.5 Å². The Labute approximate surface area is 348 Å². The monoisotopic (exact) mass is 810 g/mol. The van der Waals surface area contributed by atoms with Gasteiger partial charge in [-0.05, 0) is 73.9 Å². The van der Waals surface area contributed by atoms with E-state index in [1.807, 2.05) is 36.0 Å². The molecule has 2 aromatic carbocycles. The number of carbonyl (C=O) groups is 2. The van der Waals surface area contributed by atoms with Crippen LogP contribution in [0.2, 0.25) is 0 Å². The molecular formula is C44H50N12O4. The number of hydrogen-bond donors (Lipinski definition) is 4.